The Hall–Kier alpha value is -3.69. The van der Waals surface area contributed by atoms with Crippen LogP contribution in [0, 0.1) is 17.5 Å². The lowest BCUT2D eigenvalue weighted by atomic mass is 10.0. The Morgan fingerprint density at radius 1 is 1.10 bits per heavy atom. The molecule has 0 atom stereocenters. The second-order valence-electron chi connectivity index (χ2n) is 6.12. The molecule has 0 radical (unpaired) electrons. The van der Waals surface area contributed by atoms with Crippen LogP contribution in [-0.2, 0) is 0 Å². The van der Waals surface area contributed by atoms with Crippen LogP contribution in [0.15, 0.2) is 41.5 Å². The van der Waals surface area contributed by atoms with E-state index < -0.39 is 35.6 Å². The van der Waals surface area contributed by atoms with E-state index in [-0.39, 0.29) is 40.6 Å². The average molecular weight is 403 g/mol. The molecule has 4 rings (SSSR count). The molecule has 2 heterocycles. The van der Waals surface area contributed by atoms with Gasteiger partial charge in [0.05, 0.1) is 16.8 Å². The summed E-state index contributed by atoms with van der Waals surface area (Å²) in [4.78, 5) is 16.4. The molecule has 1 aliphatic heterocycles. The lowest BCUT2D eigenvalue weighted by Gasteiger charge is -2.14. The van der Waals surface area contributed by atoms with E-state index in [1.807, 2.05) is 0 Å². The Bertz CT molecular complexity index is 1120. The summed E-state index contributed by atoms with van der Waals surface area (Å²) in [5.41, 5.74) is 0.0643. The molecule has 0 aliphatic carbocycles. The molecule has 2 aromatic carbocycles. The van der Waals surface area contributed by atoms with Crippen molar-refractivity contribution >= 4 is 23.1 Å². The van der Waals surface area contributed by atoms with Crippen molar-refractivity contribution in [1.82, 2.24) is 15.5 Å². The second kappa shape index (κ2) is 7.38. The van der Waals surface area contributed by atoms with Gasteiger partial charge in [-0.25, -0.2) is 22.6 Å². The van der Waals surface area contributed by atoms with Crippen LogP contribution in [0.5, 0.6) is 0 Å². The fraction of sp³-hybridized carbons (Fsp3) is 0.105. The highest BCUT2D eigenvalue weighted by Crippen LogP contribution is 2.38. The number of alkyl halides is 1. The maximum Gasteiger partial charge on any atom is 0.254 e. The second-order valence-corrected chi connectivity index (χ2v) is 6.12. The first-order chi connectivity index (χ1) is 14.0. The van der Waals surface area contributed by atoms with Gasteiger partial charge < -0.3 is 10.6 Å². The number of carbonyl (C=O) groups is 1. The number of amides is 1. The van der Waals surface area contributed by atoms with Gasteiger partial charge in [-0.15, -0.1) is 0 Å². The fourth-order valence-corrected chi connectivity index (χ4v) is 2.99. The molecule has 29 heavy (non-hydrogen) atoms. The van der Waals surface area contributed by atoms with Crippen LogP contribution in [0.4, 0.5) is 28.9 Å². The quantitative estimate of drug-likeness (QED) is 0.581. The van der Waals surface area contributed by atoms with Gasteiger partial charge >= 0.3 is 0 Å². The number of aliphatic imine (C=N–C) groups is 1. The topological polar surface area (TPSA) is 82.2 Å². The largest absolute Gasteiger partial charge is 0.349 e. The summed E-state index contributed by atoms with van der Waals surface area (Å²) in [6, 6.07) is 5.58. The molecule has 0 unspecified atom stereocenters. The third kappa shape index (κ3) is 3.33. The number of carbonyl (C=O) groups excluding carboxylic acids is 1. The third-order valence-corrected chi connectivity index (χ3v) is 4.29. The number of benzene rings is 2. The number of anilines is 1. The molecule has 3 N–H and O–H groups in total. The summed E-state index contributed by atoms with van der Waals surface area (Å²) in [7, 11) is 0. The van der Waals surface area contributed by atoms with E-state index in [4.69, 9.17) is 0 Å². The molecule has 0 fully saturated rings. The van der Waals surface area contributed by atoms with E-state index in [1.165, 1.54) is 12.3 Å². The van der Waals surface area contributed by atoms with E-state index in [0.29, 0.717) is 0 Å². The van der Waals surface area contributed by atoms with Crippen LogP contribution < -0.4 is 10.6 Å². The first kappa shape index (κ1) is 18.7. The lowest BCUT2D eigenvalue weighted by Crippen LogP contribution is -2.26. The van der Waals surface area contributed by atoms with Crippen LogP contribution in [0.3, 0.4) is 0 Å². The van der Waals surface area contributed by atoms with E-state index >= 15 is 0 Å². The van der Waals surface area contributed by atoms with Gasteiger partial charge in [0.15, 0.2) is 0 Å². The summed E-state index contributed by atoms with van der Waals surface area (Å²) in [5.74, 6) is -3.58. The van der Waals surface area contributed by atoms with Crippen molar-refractivity contribution in [1.29, 1.82) is 0 Å². The lowest BCUT2D eigenvalue weighted by molar-refractivity contribution is 0.0947. The number of rotatable bonds is 4. The molecule has 1 amide bonds. The molecule has 0 spiro atoms. The summed E-state index contributed by atoms with van der Waals surface area (Å²) in [6.45, 7) is -1.09. The van der Waals surface area contributed by atoms with Gasteiger partial charge in [0.1, 0.15) is 41.3 Å². The molecular formula is C19H13F4N5O. The maximum atomic E-state index is 14.6. The smallest absolute Gasteiger partial charge is 0.254 e. The predicted molar refractivity (Wildman–Crippen MR) is 98.5 cm³/mol. The number of nitrogens with one attached hydrogen (secondary N) is 3. The third-order valence-electron chi connectivity index (χ3n) is 4.29. The Kier molecular flexibility index (Phi) is 4.75. The number of nitrogens with zero attached hydrogens (tertiary/aromatic N) is 2. The summed E-state index contributed by atoms with van der Waals surface area (Å²) >= 11 is 0. The zero-order valence-electron chi connectivity index (χ0n) is 14.7. The van der Waals surface area contributed by atoms with Gasteiger partial charge in [0.2, 0.25) is 0 Å². The van der Waals surface area contributed by atoms with Crippen molar-refractivity contribution in [3.8, 4) is 11.3 Å². The van der Waals surface area contributed by atoms with Crippen molar-refractivity contribution in [2.24, 2.45) is 4.99 Å². The first-order valence-corrected chi connectivity index (χ1v) is 8.51. The van der Waals surface area contributed by atoms with E-state index in [0.717, 1.165) is 24.3 Å². The Morgan fingerprint density at radius 2 is 1.86 bits per heavy atom. The molecule has 10 heteroatoms. The zero-order valence-corrected chi connectivity index (χ0v) is 14.7. The number of hydrogen-bond donors (Lipinski definition) is 3. The van der Waals surface area contributed by atoms with Crippen molar-refractivity contribution in [3.05, 3.63) is 65.1 Å². The molecule has 1 aromatic heterocycles. The molecule has 148 valence electrons. The molecular weight excluding hydrogens is 390 g/mol. The normalized spacial score (nSPS) is 12.3. The van der Waals surface area contributed by atoms with Gasteiger partial charge in [0.25, 0.3) is 5.91 Å². The van der Waals surface area contributed by atoms with Crippen LogP contribution in [0.25, 0.3) is 11.3 Å². The number of hydrogen-bond acceptors (Lipinski definition) is 4. The highest BCUT2D eigenvalue weighted by atomic mass is 19.1. The van der Waals surface area contributed by atoms with Crippen molar-refractivity contribution < 1.29 is 22.4 Å². The molecule has 0 saturated heterocycles. The molecule has 1 aliphatic rings. The Morgan fingerprint density at radius 3 is 2.59 bits per heavy atom. The number of fused-ring (bicyclic) bond motifs is 3. The van der Waals surface area contributed by atoms with Gasteiger partial charge in [-0.05, 0) is 24.3 Å². The summed E-state index contributed by atoms with van der Waals surface area (Å²) in [5, 5.41) is 11.6. The molecule has 0 saturated carbocycles. The number of aromatic amines is 1. The monoisotopic (exact) mass is 403 g/mol. The highest BCUT2D eigenvalue weighted by molar-refractivity contribution is 6.14. The fourth-order valence-electron chi connectivity index (χ4n) is 2.99. The number of H-pyrrole nitrogens is 1. The van der Waals surface area contributed by atoms with E-state index in [2.05, 4.69) is 25.8 Å². The number of halogens is 4. The van der Waals surface area contributed by atoms with Crippen molar-refractivity contribution in [3.63, 3.8) is 0 Å². The Labute approximate surface area is 161 Å². The predicted octanol–water partition coefficient (Wildman–Crippen LogP) is 3.70. The van der Waals surface area contributed by atoms with Gasteiger partial charge in [-0.3, -0.25) is 9.89 Å². The summed E-state index contributed by atoms with van der Waals surface area (Å²) < 4.78 is 55.5. The van der Waals surface area contributed by atoms with Gasteiger partial charge in [0, 0.05) is 18.3 Å². The average Bonchev–Trinajstić information content (AvgIpc) is 3.09. The molecule has 6 nitrogen and oxygen atoms in total. The Balaban J connectivity index is 1.87. The van der Waals surface area contributed by atoms with Crippen LogP contribution in [0.2, 0.25) is 0 Å². The van der Waals surface area contributed by atoms with Gasteiger partial charge in [-0.2, -0.15) is 5.10 Å². The minimum atomic E-state index is -0.864. The minimum absolute atomic E-state index is 0.157. The minimum Gasteiger partial charge on any atom is -0.349 e. The number of amidine groups is 1. The van der Waals surface area contributed by atoms with E-state index in [1.54, 1.807) is 0 Å². The van der Waals surface area contributed by atoms with Crippen LogP contribution in [-0.4, -0.2) is 35.2 Å². The van der Waals surface area contributed by atoms with E-state index in [9.17, 15) is 22.4 Å². The SMILES string of the molecule is O=C(NCCF)c1cc2c(cc1F)-c1n[nH]cc1N=C(c1c(F)cccc1F)N2. The standard InChI is InChI=1S/C19H13F4N5O/c20-4-5-24-19(29)9-7-14-10(6-13(9)23)17-15(8-25-28-17)27-18(26-14)16-11(21)2-1-3-12(16)22/h1-3,6-8H,4-5H2,(H,24,29)(H,25,28)(H,26,27). The first-order valence-electron chi connectivity index (χ1n) is 8.51. The van der Waals surface area contributed by atoms with Crippen molar-refractivity contribution in [2.45, 2.75) is 0 Å². The zero-order chi connectivity index (χ0) is 20.5. The highest BCUT2D eigenvalue weighted by Gasteiger charge is 2.25. The summed E-state index contributed by atoms with van der Waals surface area (Å²) in [6.07, 6.45) is 1.39. The maximum absolute atomic E-state index is 14.6. The van der Waals surface area contributed by atoms with Crippen molar-refractivity contribution in [2.75, 3.05) is 18.5 Å². The van der Waals surface area contributed by atoms with Gasteiger partial charge in [-0.1, -0.05) is 6.07 Å². The van der Waals surface area contributed by atoms with Crippen LogP contribution in [0.1, 0.15) is 15.9 Å². The molecule has 0 bridgehead atoms. The molecule has 3 aromatic rings. The number of aromatic nitrogens is 2. The van der Waals surface area contributed by atoms with Crippen LogP contribution >= 0.6 is 0 Å².